The molecule has 3 atom stereocenters. The van der Waals surface area contributed by atoms with Gasteiger partial charge in [-0.25, -0.2) is 0 Å². The van der Waals surface area contributed by atoms with Crippen LogP contribution in [0.4, 0.5) is 0 Å². The molecule has 72 valence electrons. The lowest BCUT2D eigenvalue weighted by Gasteiger charge is -2.07. The van der Waals surface area contributed by atoms with Crippen molar-refractivity contribution < 1.29 is 19.1 Å². The molecule has 1 fully saturated rings. The predicted molar refractivity (Wildman–Crippen MR) is 49.4 cm³/mol. The monoisotopic (exact) mass is 202 g/mol. The fraction of sp³-hybridized carbons (Fsp3) is 0.714. The zero-order valence-electron chi connectivity index (χ0n) is 7.33. The molecule has 1 saturated heterocycles. The van der Waals surface area contributed by atoms with Crippen LogP contribution in [-0.2, 0) is 9.30 Å². The highest BCUT2D eigenvalue weighted by Crippen LogP contribution is 2.37. The van der Waals surface area contributed by atoms with E-state index >= 15 is 0 Å². The normalized spacial score (nSPS) is 35.8. The van der Waals surface area contributed by atoms with E-state index in [9.17, 15) is 4.57 Å². The van der Waals surface area contributed by atoms with E-state index in [1.54, 1.807) is 0 Å². The Bertz CT molecular complexity index is 239. The van der Waals surface area contributed by atoms with Crippen molar-refractivity contribution in [3.8, 4) is 0 Å². The quantitative estimate of drug-likeness (QED) is 0.508. The summed E-state index contributed by atoms with van der Waals surface area (Å²) in [6, 6.07) is -0.327. The maximum absolute atomic E-state index is 10.5. The molecule has 0 aliphatic carbocycles. The molecule has 0 saturated carbocycles. The Kier molecular flexibility index (Phi) is 3.35. The lowest BCUT2D eigenvalue weighted by atomic mass is 9.88. The molecule has 4 nitrogen and oxygen atoms in total. The molecule has 0 aromatic carbocycles. The third-order valence-electron chi connectivity index (χ3n) is 1.99. The van der Waals surface area contributed by atoms with Crippen molar-refractivity contribution in [3.05, 3.63) is 11.9 Å². The molecule has 0 aromatic heterocycles. The Balaban J connectivity index is 2.49. The van der Waals surface area contributed by atoms with Crippen molar-refractivity contribution >= 4 is 15.4 Å². The summed E-state index contributed by atoms with van der Waals surface area (Å²) in [5, 5.41) is 0. The van der Waals surface area contributed by atoms with Gasteiger partial charge in [-0.1, -0.05) is 6.92 Å². The predicted octanol–water partition coefficient (Wildman–Crippen LogP) is 0.597. The number of rotatable bonds is 2. The van der Waals surface area contributed by atoms with E-state index in [1.165, 1.54) is 6.08 Å². The number of hydrogen-bond acceptors (Lipinski definition) is 2. The van der Waals surface area contributed by atoms with Crippen molar-refractivity contribution in [1.29, 1.82) is 0 Å². The summed E-state index contributed by atoms with van der Waals surface area (Å²) in [4.78, 5) is 17.1. The molecule has 1 aliphatic rings. The second-order valence-electron chi connectivity index (χ2n) is 3.28. The standard InChI is InChI=1S/C7H12BO4P/c1-5-4-6(12-7(5)8)2-3-13(9,10)11/h2-3,5-7H,4H2,1H3,(H2,9,10,11)/b3-2-/t5-,6+,7+/m0/s1. The minimum atomic E-state index is -4.06. The van der Waals surface area contributed by atoms with Crippen molar-refractivity contribution in [2.24, 2.45) is 5.92 Å². The average Bonchev–Trinajstić information content (AvgIpc) is 2.27. The van der Waals surface area contributed by atoms with Crippen LogP contribution in [0.2, 0.25) is 0 Å². The molecule has 0 spiro atoms. The summed E-state index contributed by atoms with van der Waals surface area (Å²) >= 11 is 0. The highest BCUT2D eigenvalue weighted by Gasteiger charge is 2.26. The lowest BCUT2D eigenvalue weighted by molar-refractivity contribution is 0.112. The SMILES string of the molecule is [B][C@@H]1O[C@H](/C=C\P(=O)(O)O)C[C@@H]1C. The second-order valence-corrected chi connectivity index (χ2v) is 4.76. The molecule has 1 aliphatic heterocycles. The smallest absolute Gasteiger partial charge is 0.348 e. The fourth-order valence-corrected chi connectivity index (χ4v) is 1.64. The first-order chi connectivity index (χ1) is 5.88. The summed E-state index contributed by atoms with van der Waals surface area (Å²) in [5.41, 5.74) is 0. The Morgan fingerprint density at radius 3 is 2.62 bits per heavy atom. The zero-order valence-corrected chi connectivity index (χ0v) is 8.22. The van der Waals surface area contributed by atoms with E-state index in [0.29, 0.717) is 6.42 Å². The molecule has 1 heterocycles. The van der Waals surface area contributed by atoms with E-state index < -0.39 is 7.60 Å². The van der Waals surface area contributed by atoms with E-state index in [1.807, 2.05) is 6.92 Å². The van der Waals surface area contributed by atoms with Crippen molar-refractivity contribution in [2.45, 2.75) is 25.5 Å². The highest BCUT2D eigenvalue weighted by molar-refractivity contribution is 7.55. The van der Waals surface area contributed by atoms with Crippen LogP contribution in [0.3, 0.4) is 0 Å². The maximum atomic E-state index is 10.5. The topological polar surface area (TPSA) is 66.8 Å². The molecule has 2 radical (unpaired) electrons. The molecule has 1 rings (SSSR count). The minimum absolute atomic E-state index is 0.228. The molecule has 2 N–H and O–H groups in total. The van der Waals surface area contributed by atoms with Crippen LogP contribution >= 0.6 is 7.60 Å². The first-order valence-corrected chi connectivity index (χ1v) is 5.72. The van der Waals surface area contributed by atoms with Gasteiger partial charge in [0, 0.05) is 11.8 Å². The fourth-order valence-electron chi connectivity index (χ4n) is 1.22. The molecular weight excluding hydrogens is 190 g/mol. The van der Waals surface area contributed by atoms with Gasteiger partial charge in [0.05, 0.1) is 6.10 Å². The minimum Gasteiger partial charge on any atom is -0.380 e. The van der Waals surface area contributed by atoms with Crippen LogP contribution in [0, 0.1) is 5.92 Å². The molecule has 6 heteroatoms. The van der Waals surface area contributed by atoms with Crippen molar-refractivity contribution in [3.63, 3.8) is 0 Å². The Hall–Kier alpha value is -0.0851. The maximum Gasteiger partial charge on any atom is 0.348 e. The van der Waals surface area contributed by atoms with Gasteiger partial charge in [-0.15, -0.1) is 0 Å². The second kappa shape index (κ2) is 3.97. The van der Waals surface area contributed by atoms with Gasteiger partial charge < -0.3 is 14.5 Å². The van der Waals surface area contributed by atoms with E-state index in [4.69, 9.17) is 22.4 Å². The van der Waals surface area contributed by atoms with Crippen LogP contribution in [0.5, 0.6) is 0 Å². The summed E-state index contributed by atoms with van der Waals surface area (Å²) in [7, 11) is 1.50. The van der Waals surface area contributed by atoms with Crippen LogP contribution < -0.4 is 0 Å². The Labute approximate surface area is 78.6 Å². The Morgan fingerprint density at radius 1 is 1.62 bits per heavy atom. The van der Waals surface area contributed by atoms with Gasteiger partial charge in [-0.2, -0.15) is 0 Å². The number of ether oxygens (including phenoxy) is 1. The summed E-state index contributed by atoms with van der Waals surface area (Å²) in [5.74, 6) is 1.09. The largest absolute Gasteiger partial charge is 0.380 e. The molecule has 0 unspecified atom stereocenters. The Morgan fingerprint density at radius 2 is 2.23 bits per heavy atom. The first kappa shape index (κ1) is 11.0. The summed E-state index contributed by atoms with van der Waals surface area (Å²) < 4.78 is 15.7. The van der Waals surface area contributed by atoms with Crippen LogP contribution in [0.25, 0.3) is 0 Å². The van der Waals surface area contributed by atoms with Gasteiger partial charge >= 0.3 is 7.60 Å². The van der Waals surface area contributed by atoms with E-state index in [2.05, 4.69) is 0 Å². The van der Waals surface area contributed by atoms with Gasteiger partial charge in [0.25, 0.3) is 0 Å². The van der Waals surface area contributed by atoms with Gasteiger partial charge in [0.15, 0.2) is 0 Å². The van der Waals surface area contributed by atoms with Gasteiger partial charge in [0.2, 0.25) is 0 Å². The molecule has 0 aromatic rings. The highest BCUT2D eigenvalue weighted by atomic mass is 31.2. The molecule has 13 heavy (non-hydrogen) atoms. The van der Waals surface area contributed by atoms with Gasteiger partial charge in [-0.05, 0) is 18.4 Å². The first-order valence-electron chi connectivity index (χ1n) is 4.04. The van der Waals surface area contributed by atoms with E-state index in [0.717, 1.165) is 5.82 Å². The summed E-state index contributed by atoms with van der Waals surface area (Å²) in [6.45, 7) is 1.94. The molecule has 0 amide bonds. The van der Waals surface area contributed by atoms with Crippen LogP contribution in [-0.4, -0.2) is 29.7 Å². The van der Waals surface area contributed by atoms with E-state index in [-0.39, 0.29) is 18.0 Å². The third-order valence-corrected chi connectivity index (χ3v) is 2.55. The lowest BCUT2D eigenvalue weighted by Crippen LogP contribution is -2.12. The third kappa shape index (κ3) is 3.65. The summed E-state index contributed by atoms with van der Waals surface area (Å²) in [6.07, 6.45) is 1.82. The van der Waals surface area contributed by atoms with Crippen LogP contribution in [0.1, 0.15) is 13.3 Å². The van der Waals surface area contributed by atoms with Gasteiger partial charge in [-0.3, -0.25) is 4.57 Å². The average molecular weight is 202 g/mol. The zero-order chi connectivity index (χ0) is 10.1. The van der Waals surface area contributed by atoms with Crippen molar-refractivity contribution in [2.75, 3.05) is 0 Å². The molecular formula is C7H12BO4P. The molecule has 0 bridgehead atoms. The number of hydrogen-bond donors (Lipinski definition) is 2. The van der Waals surface area contributed by atoms with Crippen molar-refractivity contribution in [1.82, 2.24) is 0 Å². The van der Waals surface area contributed by atoms with Crippen LogP contribution in [0.15, 0.2) is 11.9 Å². The van der Waals surface area contributed by atoms with Gasteiger partial charge in [0.1, 0.15) is 7.85 Å².